The molecule has 1 saturated heterocycles. The fraction of sp³-hybridized carbons (Fsp3) is 0.440. The Labute approximate surface area is 200 Å². The summed E-state index contributed by atoms with van der Waals surface area (Å²) in [5.41, 5.74) is 2.55. The van der Waals surface area contributed by atoms with Crippen molar-refractivity contribution in [1.29, 1.82) is 0 Å². The van der Waals surface area contributed by atoms with Gasteiger partial charge in [-0.05, 0) is 74.6 Å². The van der Waals surface area contributed by atoms with Crippen LogP contribution in [0, 0.1) is 25.6 Å². The number of hydrogen-bond donors (Lipinski definition) is 0. The van der Waals surface area contributed by atoms with Gasteiger partial charge < -0.3 is 9.64 Å². The summed E-state index contributed by atoms with van der Waals surface area (Å²) in [4.78, 5) is 26.9. The molecule has 9 heteroatoms. The van der Waals surface area contributed by atoms with Crippen LogP contribution in [-0.4, -0.2) is 55.7 Å². The van der Waals surface area contributed by atoms with Crippen LogP contribution in [0.1, 0.15) is 36.5 Å². The monoisotopic (exact) mass is 490 g/mol. The number of aryl methyl sites for hydroxylation is 2. The van der Waals surface area contributed by atoms with Gasteiger partial charge in [0.15, 0.2) is 6.10 Å². The van der Waals surface area contributed by atoms with Crippen molar-refractivity contribution >= 4 is 21.9 Å². The van der Waals surface area contributed by atoms with Gasteiger partial charge in [0.2, 0.25) is 10.0 Å². The minimum absolute atomic E-state index is 0.188. The van der Waals surface area contributed by atoms with E-state index >= 15 is 0 Å². The molecular weight excluding hydrogens is 459 g/mol. The van der Waals surface area contributed by atoms with Crippen molar-refractivity contribution in [2.75, 3.05) is 20.1 Å². The number of carbonyl (C=O) groups excluding carboxylic acids is 2. The first-order valence-corrected chi connectivity index (χ1v) is 12.7. The standard InChI is InChI=1S/C25H31FN2O5S/c1-17-8-9-23(14-18(17)2)34(31,32)28-12-10-21(11-13-28)25(30)33-19(3)24(29)27(4)16-20-6-5-7-22(26)15-20/h5-9,14-15,19,21H,10-13,16H2,1-4H3/t19-/m1/s1. The SMILES string of the molecule is Cc1ccc(S(=O)(=O)N2CCC(C(=O)O[C@H](C)C(=O)N(C)Cc3cccc(F)c3)CC2)cc1C. The molecular formula is C25H31FN2O5S. The lowest BCUT2D eigenvalue weighted by Gasteiger charge is -2.31. The van der Waals surface area contributed by atoms with Crippen molar-refractivity contribution in [1.82, 2.24) is 9.21 Å². The van der Waals surface area contributed by atoms with E-state index in [2.05, 4.69) is 0 Å². The second-order valence-electron chi connectivity index (χ2n) is 8.83. The third-order valence-corrected chi connectivity index (χ3v) is 8.12. The molecule has 3 rings (SSSR count). The van der Waals surface area contributed by atoms with Gasteiger partial charge in [0.1, 0.15) is 5.82 Å². The largest absolute Gasteiger partial charge is 0.452 e. The summed E-state index contributed by atoms with van der Waals surface area (Å²) >= 11 is 0. The van der Waals surface area contributed by atoms with E-state index in [9.17, 15) is 22.4 Å². The van der Waals surface area contributed by atoms with E-state index in [1.54, 1.807) is 37.4 Å². The Balaban J connectivity index is 1.53. The van der Waals surface area contributed by atoms with Gasteiger partial charge in [0.25, 0.3) is 5.91 Å². The molecule has 1 aliphatic rings. The number of amides is 1. The number of hydrogen-bond acceptors (Lipinski definition) is 5. The van der Waals surface area contributed by atoms with Gasteiger partial charge in [-0.25, -0.2) is 12.8 Å². The first-order valence-electron chi connectivity index (χ1n) is 11.3. The number of carbonyl (C=O) groups is 2. The predicted molar refractivity (Wildman–Crippen MR) is 126 cm³/mol. The maximum Gasteiger partial charge on any atom is 0.309 e. The normalized spacial score (nSPS) is 16.1. The van der Waals surface area contributed by atoms with Crippen LogP contribution in [0.2, 0.25) is 0 Å². The smallest absolute Gasteiger partial charge is 0.309 e. The summed E-state index contributed by atoms with van der Waals surface area (Å²) in [7, 11) is -2.07. The molecule has 0 N–H and O–H groups in total. The molecule has 0 unspecified atom stereocenters. The first kappa shape index (κ1) is 25.8. The summed E-state index contributed by atoms with van der Waals surface area (Å²) in [5, 5.41) is 0. The number of rotatable bonds is 7. The van der Waals surface area contributed by atoms with Crippen molar-refractivity contribution in [2.45, 2.75) is 51.2 Å². The number of sulfonamides is 1. The fourth-order valence-corrected chi connectivity index (χ4v) is 5.53. The molecule has 0 radical (unpaired) electrons. The number of piperidine rings is 1. The van der Waals surface area contributed by atoms with Crippen LogP contribution in [0.15, 0.2) is 47.4 Å². The molecule has 2 aromatic carbocycles. The zero-order valence-electron chi connectivity index (χ0n) is 20.0. The van der Waals surface area contributed by atoms with Crippen molar-refractivity contribution in [3.8, 4) is 0 Å². The Morgan fingerprint density at radius 2 is 1.79 bits per heavy atom. The zero-order chi connectivity index (χ0) is 25.0. The molecule has 1 aliphatic heterocycles. The maximum absolute atomic E-state index is 13.4. The van der Waals surface area contributed by atoms with Crippen LogP contribution >= 0.6 is 0 Å². The topological polar surface area (TPSA) is 84.0 Å². The van der Waals surface area contributed by atoms with Crippen LogP contribution in [0.4, 0.5) is 4.39 Å². The fourth-order valence-electron chi connectivity index (χ4n) is 3.97. The van der Waals surface area contributed by atoms with Gasteiger partial charge in [-0.1, -0.05) is 18.2 Å². The highest BCUT2D eigenvalue weighted by Gasteiger charge is 2.34. The average molecular weight is 491 g/mol. The molecule has 1 fully saturated rings. The number of likely N-dealkylation sites (N-methyl/N-ethyl adjacent to an activating group) is 1. The van der Waals surface area contributed by atoms with Crippen LogP contribution in [0.25, 0.3) is 0 Å². The molecule has 0 aliphatic carbocycles. The van der Waals surface area contributed by atoms with E-state index in [0.29, 0.717) is 18.4 Å². The van der Waals surface area contributed by atoms with Crippen molar-refractivity contribution in [2.24, 2.45) is 5.92 Å². The lowest BCUT2D eigenvalue weighted by atomic mass is 9.98. The molecule has 1 amide bonds. The molecule has 7 nitrogen and oxygen atoms in total. The van der Waals surface area contributed by atoms with Crippen LogP contribution in [-0.2, 0) is 30.9 Å². The molecule has 1 atom stereocenters. The van der Waals surface area contributed by atoms with Crippen molar-refractivity contribution in [3.63, 3.8) is 0 Å². The lowest BCUT2D eigenvalue weighted by molar-refractivity contribution is -0.163. The molecule has 0 spiro atoms. The van der Waals surface area contributed by atoms with E-state index < -0.39 is 33.9 Å². The van der Waals surface area contributed by atoms with Gasteiger partial charge in [0.05, 0.1) is 10.8 Å². The zero-order valence-corrected chi connectivity index (χ0v) is 20.8. The minimum Gasteiger partial charge on any atom is -0.452 e. The van der Waals surface area contributed by atoms with Crippen molar-refractivity contribution < 1.29 is 27.1 Å². The molecule has 2 aromatic rings. The van der Waals surface area contributed by atoms with Crippen LogP contribution in [0.3, 0.4) is 0 Å². The Morgan fingerprint density at radius 1 is 1.12 bits per heavy atom. The summed E-state index contributed by atoms with van der Waals surface area (Å²) < 4.78 is 46.1. The number of nitrogens with zero attached hydrogens (tertiary/aromatic N) is 2. The van der Waals surface area contributed by atoms with E-state index in [1.165, 1.54) is 28.3 Å². The third kappa shape index (κ3) is 6.01. The highest BCUT2D eigenvalue weighted by Crippen LogP contribution is 2.26. The van der Waals surface area contributed by atoms with E-state index in [0.717, 1.165) is 11.1 Å². The number of halogens is 1. The van der Waals surface area contributed by atoms with Crippen LogP contribution < -0.4 is 0 Å². The summed E-state index contributed by atoms with van der Waals surface area (Å²) in [6.45, 7) is 5.89. The van der Waals surface area contributed by atoms with E-state index in [4.69, 9.17) is 4.74 Å². The van der Waals surface area contributed by atoms with Gasteiger partial charge >= 0.3 is 5.97 Å². The Hall–Kier alpha value is -2.78. The van der Waals surface area contributed by atoms with Gasteiger partial charge in [-0.2, -0.15) is 4.31 Å². The Morgan fingerprint density at radius 3 is 2.41 bits per heavy atom. The van der Waals surface area contributed by atoms with Crippen molar-refractivity contribution in [3.05, 3.63) is 65.0 Å². The Kier molecular flexibility index (Phi) is 8.09. The molecule has 0 bridgehead atoms. The molecule has 1 heterocycles. The Bertz CT molecular complexity index is 1160. The maximum atomic E-state index is 13.4. The van der Waals surface area contributed by atoms with Crippen LogP contribution in [0.5, 0.6) is 0 Å². The minimum atomic E-state index is -3.64. The van der Waals surface area contributed by atoms with Gasteiger partial charge in [0, 0.05) is 26.7 Å². The average Bonchev–Trinajstić information content (AvgIpc) is 2.80. The van der Waals surface area contributed by atoms with Gasteiger partial charge in [-0.3, -0.25) is 9.59 Å². The molecule has 0 aromatic heterocycles. The second-order valence-corrected chi connectivity index (χ2v) is 10.8. The third-order valence-electron chi connectivity index (χ3n) is 6.23. The molecule has 0 saturated carbocycles. The summed E-state index contributed by atoms with van der Waals surface area (Å²) in [6, 6.07) is 11.0. The molecule has 34 heavy (non-hydrogen) atoms. The highest BCUT2D eigenvalue weighted by atomic mass is 32.2. The quantitative estimate of drug-likeness (QED) is 0.556. The first-order chi connectivity index (χ1) is 16.0. The number of benzene rings is 2. The highest BCUT2D eigenvalue weighted by molar-refractivity contribution is 7.89. The summed E-state index contributed by atoms with van der Waals surface area (Å²) in [5.74, 6) is -1.77. The van der Waals surface area contributed by atoms with E-state index in [1.807, 2.05) is 13.8 Å². The molecule has 184 valence electrons. The predicted octanol–water partition coefficient (Wildman–Crippen LogP) is 3.43. The van der Waals surface area contributed by atoms with E-state index in [-0.39, 0.29) is 30.3 Å². The number of esters is 1. The van der Waals surface area contributed by atoms with Gasteiger partial charge in [-0.15, -0.1) is 0 Å². The lowest BCUT2D eigenvalue weighted by Crippen LogP contribution is -2.42. The second kappa shape index (κ2) is 10.7. The number of ether oxygens (including phenoxy) is 1. The summed E-state index contributed by atoms with van der Waals surface area (Å²) in [6.07, 6.45) is -0.352.